The summed E-state index contributed by atoms with van der Waals surface area (Å²) in [5.74, 6) is 0.0543. The number of hydrogen-bond acceptors (Lipinski definition) is 4. The van der Waals surface area contributed by atoms with Crippen LogP contribution in [0.3, 0.4) is 0 Å². The van der Waals surface area contributed by atoms with Gasteiger partial charge in [-0.1, -0.05) is 18.2 Å². The van der Waals surface area contributed by atoms with Gasteiger partial charge in [-0.25, -0.2) is 4.98 Å². The highest BCUT2D eigenvalue weighted by Crippen LogP contribution is 2.45. The maximum Gasteiger partial charge on any atom is 0.236 e. The zero-order chi connectivity index (χ0) is 15.2. The molecule has 4 rings (SSSR count). The number of amides is 1. The summed E-state index contributed by atoms with van der Waals surface area (Å²) in [6, 6.07) is 13.7. The number of nitrogens with zero attached hydrogens (tertiary/aromatic N) is 3. The van der Waals surface area contributed by atoms with Gasteiger partial charge in [-0.05, 0) is 30.2 Å². The summed E-state index contributed by atoms with van der Waals surface area (Å²) in [6.45, 7) is 1.32. The number of anilines is 2. The molecule has 5 nitrogen and oxygen atoms in total. The molecular formula is C17H14N4O. The predicted molar refractivity (Wildman–Crippen MR) is 82.5 cm³/mol. The van der Waals surface area contributed by atoms with E-state index in [1.54, 1.807) is 6.20 Å². The number of nitriles is 1. The van der Waals surface area contributed by atoms with Gasteiger partial charge >= 0.3 is 0 Å². The van der Waals surface area contributed by atoms with E-state index >= 15 is 0 Å². The molecule has 5 heteroatoms. The number of nitrogens with one attached hydrogen (secondary N) is 1. The van der Waals surface area contributed by atoms with E-state index in [2.05, 4.69) is 21.3 Å². The normalized spacial score (nSPS) is 22.5. The Bertz CT molecular complexity index is 810. The Morgan fingerprint density at radius 1 is 1.27 bits per heavy atom. The number of hydrogen-bond donors (Lipinski definition) is 1. The van der Waals surface area contributed by atoms with E-state index in [0.717, 1.165) is 29.9 Å². The minimum Gasteiger partial charge on any atom is -0.368 e. The molecule has 1 atom stereocenters. The fourth-order valence-electron chi connectivity index (χ4n) is 3.53. The van der Waals surface area contributed by atoms with Crippen LogP contribution in [-0.4, -0.2) is 24.0 Å². The van der Waals surface area contributed by atoms with Gasteiger partial charge < -0.3 is 10.2 Å². The molecule has 2 aliphatic heterocycles. The molecule has 0 radical (unpaired) electrons. The van der Waals surface area contributed by atoms with Crippen molar-refractivity contribution in [2.24, 2.45) is 0 Å². The topological polar surface area (TPSA) is 69.0 Å². The first kappa shape index (κ1) is 12.8. The van der Waals surface area contributed by atoms with E-state index < -0.39 is 5.41 Å². The number of fused-ring (bicyclic) bond motifs is 2. The number of para-hydroxylation sites is 1. The predicted octanol–water partition coefficient (Wildman–Crippen LogP) is 2.05. The van der Waals surface area contributed by atoms with E-state index in [-0.39, 0.29) is 5.91 Å². The third-order valence-electron chi connectivity index (χ3n) is 4.63. The standard InChI is InChI=1S/C17H14N4O/c18-10-14-15(6-3-8-19-14)21-9-7-17(11-21)12-4-1-2-5-13(12)20-16(17)22/h1-6,8H,7,9,11H2,(H,20,22). The summed E-state index contributed by atoms with van der Waals surface area (Å²) in [5, 5.41) is 12.2. The lowest BCUT2D eigenvalue weighted by molar-refractivity contribution is -0.120. The monoisotopic (exact) mass is 290 g/mol. The van der Waals surface area contributed by atoms with E-state index in [1.165, 1.54) is 0 Å². The van der Waals surface area contributed by atoms with Gasteiger partial charge in [-0.2, -0.15) is 5.26 Å². The van der Waals surface area contributed by atoms with Crippen molar-refractivity contribution < 1.29 is 4.79 Å². The van der Waals surface area contributed by atoms with Crippen molar-refractivity contribution in [3.63, 3.8) is 0 Å². The summed E-state index contributed by atoms with van der Waals surface area (Å²) in [5.41, 5.74) is 2.66. The Labute approximate surface area is 128 Å². The Balaban J connectivity index is 1.74. The molecule has 1 spiro atoms. The van der Waals surface area contributed by atoms with Crippen molar-refractivity contribution in [1.29, 1.82) is 5.26 Å². The van der Waals surface area contributed by atoms with Crippen molar-refractivity contribution in [2.45, 2.75) is 11.8 Å². The molecule has 1 amide bonds. The van der Waals surface area contributed by atoms with Crippen LogP contribution >= 0.6 is 0 Å². The molecular weight excluding hydrogens is 276 g/mol. The molecule has 1 N–H and O–H groups in total. The maximum atomic E-state index is 12.6. The first-order valence-electron chi connectivity index (χ1n) is 7.26. The van der Waals surface area contributed by atoms with Crippen LogP contribution in [0.2, 0.25) is 0 Å². The molecule has 22 heavy (non-hydrogen) atoms. The summed E-state index contributed by atoms with van der Waals surface area (Å²) in [4.78, 5) is 18.8. The molecule has 2 aliphatic rings. The Morgan fingerprint density at radius 3 is 3.00 bits per heavy atom. The molecule has 0 bridgehead atoms. The Hall–Kier alpha value is -2.87. The van der Waals surface area contributed by atoms with Crippen molar-refractivity contribution in [2.75, 3.05) is 23.3 Å². The minimum absolute atomic E-state index is 0.0543. The van der Waals surface area contributed by atoms with Crippen LogP contribution in [-0.2, 0) is 10.2 Å². The van der Waals surface area contributed by atoms with Crippen LogP contribution < -0.4 is 10.2 Å². The van der Waals surface area contributed by atoms with E-state index in [1.807, 2.05) is 36.4 Å². The van der Waals surface area contributed by atoms with Gasteiger partial charge in [-0.3, -0.25) is 4.79 Å². The van der Waals surface area contributed by atoms with Crippen LogP contribution in [0.25, 0.3) is 0 Å². The van der Waals surface area contributed by atoms with Gasteiger partial charge in [0.25, 0.3) is 0 Å². The highest BCUT2D eigenvalue weighted by Gasteiger charge is 2.51. The van der Waals surface area contributed by atoms with Crippen molar-refractivity contribution in [3.05, 3.63) is 53.9 Å². The largest absolute Gasteiger partial charge is 0.368 e. The number of rotatable bonds is 1. The van der Waals surface area contributed by atoms with Crippen LogP contribution in [0.1, 0.15) is 17.7 Å². The maximum absolute atomic E-state index is 12.6. The third kappa shape index (κ3) is 1.64. The molecule has 108 valence electrons. The lowest BCUT2D eigenvalue weighted by Crippen LogP contribution is -2.37. The zero-order valence-corrected chi connectivity index (χ0v) is 11.9. The second-order valence-electron chi connectivity index (χ2n) is 5.74. The van der Waals surface area contributed by atoms with E-state index in [9.17, 15) is 10.1 Å². The number of aromatic nitrogens is 1. The van der Waals surface area contributed by atoms with Gasteiger partial charge in [-0.15, -0.1) is 0 Å². The summed E-state index contributed by atoms with van der Waals surface area (Å²) < 4.78 is 0. The first-order valence-corrected chi connectivity index (χ1v) is 7.26. The number of pyridine rings is 1. The van der Waals surface area contributed by atoms with Crippen LogP contribution in [0.15, 0.2) is 42.6 Å². The second kappa shape index (κ2) is 4.57. The molecule has 1 saturated heterocycles. The fourth-order valence-corrected chi connectivity index (χ4v) is 3.53. The van der Waals surface area contributed by atoms with Gasteiger partial charge in [0, 0.05) is 25.0 Å². The van der Waals surface area contributed by atoms with Crippen LogP contribution in [0, 0.1) is 11.3 Å². The van der Waals surface area contributed by atoms with Gasteiger partial charge in [0.05, 0.1) is 11.1 Å². The SMILES string of the molecule is N#Cc1ncccc1N1CCC2(C1)C(=O)Nc1ccccc12. The van der Waals surface area contributed by atoms with E-state index in [0.29, 0.717) is 12.2 Å². The van der Waals surface area contributed by atoms with Crippen molar-refractivity contribution in [3.8, 4) is 6.07 Å². The lowest BCUT2D eigenvalue weighted by atomic mass is 9.81. The molecule has 0 aliphatic carbocycles. The number of carbonyl (C=O) groups excluding carboxylic acids is 1. The van der Waals surface area contributed by atoms with Crippen LogP contribution in [0.4, 0.5) is 11.4 Å². The van der Waals surface area contributed by atoms with Crippen LogP contribution in [0.5, 0.6) is 0 Å². The molecule has 1 unspecified atom stereocenters. The quantitative estimate of drug-likeness (QED) is 0.872. The van der Waals surface area contributed by atoms with Gasteiger partial charge in [0.2, 0.25) is 5.91 Å². The third-order valence-corrected chi connectivity index (χ3v) is 4.63. The smallest absolute Gasteiger partial charge is 0.236 e. The second-order valence-corrected chi connectivity index (χ2v) is 5.74. The summed E-state index contributed by atoms with van der Waals surface area (Å²) in [7, 11) is 0. The lowest BCUT2D eigenvalue weighted by Gasteiger charge is -2.24. The van der Waals surface area contributed by atoms with Crippen molar-refractivity contribution in [1.82, 2.24) is 4.98 Å². The Kier molecular flexibility index (Phi) is 2.67. The molecule has 1 aromatic carbocycles. The average Bonchev–Trinajstić information content (AvgIpc) is 3.12. The highest BCUT2D eigenvalue weighted by atomic mass is 16.2. The number of benzene rings is 1. The number of carbonyl (C=O) groups is 1. The van der Waals surface area contributed by atoms with Crippen molar-refractivity contribution >= 4 is 17.3 Å². The summed E-state index contributed by atoms with van der Waals surface area (Å²) >= 11 is 0. The Morgan fingerprint density at radius 2 is 2.14 bits per heavy atom. The molecule has 2 aromatic rings. The average molecular weight is 290 g/mol. The highest BCUT2D eigenvalue weighted by molar-refractivity contribution is 6.07. The molecule has 3 heterocycles. The molecule has 1 aromatic heterocycles. The van der Waals surface area contributed by atoms with E-state index in [4.69, 9.17) is 0 Å². The van der Waals surface area contributed by atoms with Gasteiger partial charge in [0.1, 0.15) is 6.07 Å². The fraction of sp³-hybridized carbons (Fsp3) is 0.235. The zero-order valence-electron chi connectivity index (χ0n) is 11.9. The minimum atomic E-state index is -0.515. The first-order chi connectivity index (χ1) is 10.7. The summed E-state index contributed by atoms with van der Waals surface area (Å²) in [6.07, 6.45) is 2.36. The molecule has 1 fully saturated rings. The van der Waals surface area contributed by atoms with Gasteiger partial charge in [0.15, 0.2) is 5.69 Å². The molecule has 0 saturated carbocycles.